The van der Waals surface area contributed by atoms with Gasteiger partial charge in [-0.05, 0) is 36.3 Å². The smallest absolute Gasteiger partial charge is 0.157 e. The number of hydrogen-bond acceptors (Lipinski definition) is 3. The number of aryl methyl sites for hydroxylation is 1. The van der Waals surface area contributed by atoms with Crippen molar-refractivity contribution in [2.24, 2.45) is 10.9 Å². The highest BCUT2D eigenvalue weighted by Gasteiger charge is 2.35. The number of thioether (sulfide) groups is 1. The Labute approximate surface area is 113 Å². The van der Waals surface area contributed by atoms with Crippen molar-refractivity contribution in [3.8, 4) is 0 Å². The third kappa shape index (κ3) is 2.89. The van der Waals surface area contributed by atoms with Gasteiger partial charge in [0.15, 0.2) is 5.17 Å². The monoisotopic (exact) mass is 260 g/mol. The van der Waals surface area contributed by atoms with Crippen molar-refractivity contribution in [2.45, 2.75) is 38.0 Å². The summed E-state index contributed by atoms with van der Waals surface area (Å²) in [5, 5.41) is 5.37. The highest BCUT2D eigenvalue weighted by atomic mass is 32.2. The van der Waals surface area contributed by atoms with E-state index >= 15 is 0 Å². The second kappa shape index (κ2) is 5.35. The molecule has 1 aromatic rings. The van der Waals surface area contributed by atoms with Crippen molar-refractivity contribution in [2.75, 3.05) is 6.54 Å². The van der Waals surface area contributed by atoms with Crippen molar-refractivity contribution >= 4 is 16.9 Å². The van der Waals surface area contributed by atoms with E-state index in [0.29, 0.717) is 0 Å². The Bertz CT molecular complexity index is 434. The van der Waals surface area contributed by atoms with E-state index in [0.717, 1.165) is 35.8 Å². The number of hydrogen-bond donors (Lipinski definition) is 1. The molecule has 1 saturated carbocycles. The lowest BCUT2D eigenvalue weighted by molar-refractivity contribution is 0.772. The minimum atomic E-state index is 0.759. The molecule has 1 aliphatic heterocycles. The maximum Gasteiger partial charge on any atom is 0.157 e. The number of amidine groups is 1. The van der Waals surface area contributed by atoms with Crippen LogP contribution in [-0.4, -0.2) is 17.0 Å². The first-order chi connectivity index (χ1) is 8.85. The Morgan fingerprint density at radius 3 is 2.61 bits per heavy atom. The van der Waals surface area contributed by atoms with Crippen LogP contribution in [0.25, 0.3) is 0 Å². The van der Waals surface area contributed by atoms with Crippen LogP contribution in [0.3, 0.4) is 0 Å². The Balaban J connectivity index is 1.48. The number of nitrogens with zero attached hydrogens (tertiary/aromatic N) is 1. The zero-order valence-corrected chi connectivity index (χ0v) is 11.7. The molecule has 1 N–H and O–H groups in total. The van der Waals surface area contributed by atoms with Crippen molar-refractivity contribution < 1.29 is 0 Å². The number of nitrogens with one attached hydrogen (secondary N) is 1. The lowest BCUT2D eigenvalue weighted by Crippen LogP contribution is -2.19. The molecular formula is C15H20N2S. The first-order valence-corrected chi connectivity index (χ1v) is 7.76. The molecule has 0 bridgehead atoms. The van der Waals surface area contributed by atoms with Crippen LogP contribution < -0.4 is 5.32 Å². The Hall–Kier alpha value is -0.960. The van der Waals surface area contributed by atoms with Gasteiger partial charge in [-0.15, -0.1) is 0 Å². The average molecular weight is 260 g/mol. The lowest BCUT2D eigenvalue weighted by Gasteiger charge is -2.08. The van der Waals surface area contributed by atoms with Crippen LogP contribution in [0.4, 0.5) is 0 Å². The van der Waals surface area contributed by atoms with Crippen LogP contribution in [0.5, 0.6) is 0 Å². The van der Waals surface area contributed by atoms with Gasteiger partial charge >= 0.3 is 0 Å². The minimum absolute atomic E-state index is 0.759. The largest absolute Gasteiger partial charge is 0.361 e. The van der Waals surface area contributed by atoms with Gasteiger partial charge in [0.2, 0.25) is 0 Å². The molecule has 0 saturated heterocycles. The summed E-state index contributed by atoms with van der Waals surface area (Å²) in [6.07, 6.45) is 3.94. The molecule has 0 amide bonds. The summed E-state index contributed by atoms with van der Waals surface area (Å²) in [7, 11) is 0. The van der Waals surface area contributed by atoms with E-state index in [-0.39, 0.29) is 0 Å². The van der Waals surface area contributed by atoms with Crippen molar-refractivity contribution in [3.05, 3.63) is 35.4 Å². The predicted octanol–water partition coefficient (Wildman–Crippen LogP) is 3.22. The molecular weight excluding hydrogens is 240 g/mol. The van der Waals surface area contributed by atoms with Crippen molar-refractivity contribution in [3.63, 3.8) is 0 Å². The van der Waals surface area contributed by atoms with Crippen LogP contribution in [0.15, 0.2) is 29.3 Å². The van der Waals surface area contributed by atoms with Gasteiger partial charge in [0, 0.05) is 11.8 Å². The van der Waals surface area contributed by atoms with Gasteiger partial charge in [-0.2, -0.15) is 0 Å². The maximum absolute atomic E-state index is 4.60. The van der Waals surface area contributed by atoms with Crippen LogP contribution >= 0.6 is 11.8 Å². The summed E-state index contributed by atoms with van der Waals surface area (Å²) < 4.78 is 0. The fourth-order valence-electron chi connectivity index (χ4n) is 2.27. The maximum atomic E-state index is 4.60. The van der Waals surface area contributed by atoms with Crippen LogP contribution in [0.1, 0.15) is 30.9 Å². The van der Waals surface area contributed by atoms with Crippen LogP contribution in [-0.2, 0) is 13.0 Å². The van der Waals surface area contributed by atoms with Crippen LogP contribution in [0, 0.1) is 5.92 Å². The van der Waals surface area contributed by atoms with Gasteiger partial charge in [0.05, 0.1) is 6.54 Å². The third-order valence-electron chi connectivity index (χ3n) is 3.70. The summed E-state index contributed by atoms with van der Waals surface area (Å²) >= 11 is 1.95. The molecule has 2 aliphatic rings. The molecule has 1 atom stereocenters. The third-order valence-corrected chi connectivity index (χ3v) is 5.03. The topological polar surface area (TPSA) is 24.4 Å². The Kier molecular flexibility index (Phi) is 3.59. The molecule has 1 heterocycles. The quantitative estimate of drug-likeness (QED) is 0.899. The predicted molar refractivity (Wildman–Crippen MR) is 79.1 cm³/mol. The number of rotatable bonds is 4. The van der Waals surface area contributed by atoms with Crippen molar-refractivity contribution in [1.82, 2.24) is 5.32 Å². The summed E-state index contributed by atoms with van der Waals surface area (Å²) in [6.45, 7) is 4.11. The van der Waals surface area contributed by atoms with E-state index in [4.69, 9.17) is 0 Å². The number of aliphatic imine (C=N–C) groups is 1. The van der Waals surface area contributed by atoms with E-state index in [9.17, 15) is 0 Å². The number of benzene rings is 1. The first-order valence-electron chi connectivity index (χ1n) is 6.88. The van der Waals surface area contributed by atoms with Gasteiger partial charge in [-0.3, -0.25) is 4.99 Å². The molecule has 96 valence electrons. The minimum Gasteiger partial charge on any atom is -0.361 e. The fraction of sp³-hybridized carbons (Fsp3) is 0.533. The summed E-state index contributed by atoms with van der Waals surface area (Å²) in [5.74, 6) is 0.946. The summed E-state index contributed by atoms with van der Waals surface area (Å²) in [4.78, 5) is 4.60. The molecule has 1 fully saturated rings. The molecule has 0 radical (unpaired) electrons. The molecule has 0 spiro atoms. The SMILES string of the molecule is CCc1ccc(CNC2=NCC(C3CC3)S2)cc1. The highest BCUT2D eigenvalue weighted by Crippen LogP contribution is 2.41. The van der Waals surface area contributed by atoms with E-state index < -0.39 is 0 Å². The zero-order chi connectivity index (χ0) is 12.4. The van der Waals surface area contributed by atoms with Gasteiger partial charge in [-0.1, -0.05) is 43.0 Å². The van der Waals surface area contributed by atoms with E-state index in [2.05, 4.69) is 41.5 Å². The van der Waals surface area contributed by atoms with Crippen molar-refractivity contribution in [1.29, 1.82) is 0 Å². The van der Waals surface area contributed by atoms with Crippen LogP contribution in [0.2, 0.25) is 0 Å². The normalized spacial score (nSPS) is 22.9. The molecule has 1 unspecified atom stereocenters. The van der Waals surface area contributed by atoms with E-state index in [1.807, 2.05) is 11.8 Å². The standard InChI is InChI=1S/C15H20N2S/c1-2-11-3-5-12(6-4-11)9-16-15-17-10-14(18-15)13-7-8-13/h3-6,13-14H,2,7-10H2,1H3,(H,16,17). The van der Waals surface area contributed by atoms with Gasteiger partial charge < -0.3 is 5.32 Å². The molecule has 18 heavy (non-hydrogen) atoms. The molecule has 2 nitrogen and oxygen atoms in total. The molecule has 0 aromatic heterocycles. The molecule has 3 rings (SSSR count). The molecule has 1 aliphatic carbocycles. The van der Waals surface area contributed by atoms with Gasteiger partial charge in [0.1, 0.15) is 0 Å². The second-order valence-electron chi connectivity index (χ2n) is 5.16. The Morgan fingerprint density at radius 2 is 1.94 bits per heavy atom. The van der Waals surface area contributed by atoms with E-state index in [1.165, 1.54) is 24.0 Å². The molecule has 1 aromatic carbocycles. The van der Waals surface area contributed by atoms with E-state index in [1.54, 1.807) is 0 Å². The molecule has 3 heteroatoms. The highest BCUT2D eigenvalue weighted by molar-refractivity contribution is 8.14. The lowest BCUT2D eigenvalue weighted by atomic mass is 10.1. The summed E-state index contributed by atoms with van der Waals surface area (Å²) in [6, 6.07) is 8.86. The second-order valence-corrected chi connectivity index (χ2v) is 6.39. The fourth-order valence-corrected chi connectivity index (χ4v) is 3.48. The van der Waals surface area contributed by atoms with Gasteiger partial charge in [0.25, 0.3) is 0 Å². The Morgan fingerprint density at radius 1 is 1.22 bits per heavy atom. The van der Waals surface area contributed by atoms with Gasteiger partial charge in [-0.25, -0.2) is 0 Å². The average Bonchev–Trinajstić information content (AvgIpc) is 3.16. The summed E-state index contributed by atoms with van der Waals surface area (Å²) in [5.41, 5.74) is 2.74. The first kappa shape index (κ1) is 12.1. The zero-order valence-electron chi connectivity index (χ0n) is 10.9.